The number of alkyl halides is 2. The SMILES string of the molecule is O=C1[C@@H](Br)CCC[C@@H]1Br. The predicted molar refractivity (Wildman–Crippen MR) is 44.3 cm³/mol. The van der Waals surface area contributed by atoms with E-state index in [2.05, 4.69) is 31.9 Å². The van der Waals surface area contributed by atoms with Gasteiger partial charge in [-0.1, -0.05) is 38.3 Å². The summed E-state index contributed by atoms with van der Waals surface area (Å²) in [7, 11) is 0. The highest BCUT2D eigenvalue weighted by Crippen LogP contribution is 2.25. The molecule has 0 heterocycles. The monoisotopic (exact) mass is 254 g/mol. The number of rotatable bonds is 0. The fourth-order valence-electron chi connectivity index (χ4n) is 0.957. The normalized spacial score (nSPS) is 36.9. The lowest BCUT2D eigenvalue weighted by atomic mass is 9.99. The third kappa shape index (κ3) is 1.77. The molecule has 52 valence electrons. The molecule has 0 aromatic carbocycles. The molecule has 0 bridgehead atoms. The Labute approximate surface area is 71.5 Å². The van der Waals surface area contributed by atoms with Crippen molar-refractivity contribution in [1.82, 2.24) is 0 Å². The first-order chi connectivity index (χ1) is 4.22. The van der Waals surface area contributed by atoms with Crippen LogP contribution in [-0.2, 0) is 4.79 Å². The number of hydrogen-bond donors (Lipinski definition) is 0. The second-order valence-electron chi connectivity index (χ2n) is 2.27. The molecule has 0 aliphatic heterocycles. The van der Waals surface area contributed by atoms with E-state index in [9.17, 15) is 4.79 Å². The molecule has 1 rings (SSSR count). The van der Waals surface area contributed by atoms with Crippen LogP contribution in [0.2, 0.25) is 0 Å². The van der Waals surface area contributed by atoms with Gasteiger partial charge in [0, 0.05) is 0 Å². The average molecular weight is 256 g/mol. The van der Waals surface area contributed by atoms with E-state index in [1.807, 2.05) is 0 Å². The third-order valence-electron chi connectivity index (χ3n) is 1.53. The molecule has 0 N–H and O–H groups in total. The van der Waals surface area contributed by atoms with Gasteiger partial charge in [-0.3, -0.25) is 4.79 Å². The molecule has 0 saturated heterocycles. The zero-order chi connectivity index (χ0) is 6.85. The van der Waals surface area contributed by atoms with Gasteiger partial charge in [0.1, 0.15) is 0 Å². The number of hydrogen-bond acceptors (Lipinski definition) is 1. The van der Waals surface area contributed by atoms with Crippen molar-refractivity contribution in [2.24, 2.45) is 0 Å². The highest BCUT2D eigenvalue weighted by molar-refractivity contribution is 9.10. The van der Waals surface area contributed by atoms with Gasteiger partial charge in [-0.15, -0.1) is 0 Å². The predicted octanol–water partition coefficient (Wildman–Crippen LogP) is 2.27. The van der Waals surface area contributed by atoms with Crippen molar-refractivity contribution in [2.45, 2.75) is 28.9 Å². The van der Waals surface area contributed by atoms with Gasteiger partial charge in [-0.05, 0) is 12.8 Å². The van der Waals surface area contributed by atoms with E-state index in [1.54, 1.807) is 0 Å². The second-order valence-corrected chi connectivity index (χ2v) is 4.48. The summed E-state index contributed by atoms with van der Waals surface area (Å²) in [5.74, 6) is 0.307. The van der Waals surface area contributed by atoms with Gasteiger partial charge in [0.25, 0.3) is 0 Å². The first-order valence-corrected chi connectivity index (χ1v) is 4.87. The van der Waals surface area contributed by atoms with Crippen molar-refractivity contribution in [1.29, 1.82) is 0 Å². The molecule has 1 aliphatic carbocycles. The topological polar surface area (TPSA) is 17.1 Å². The van der Waals surface area contributed by atoms with Crippen LogP contribution < -0.4 is 0 Å². The van der Waals surface area contributed by atoms with Gasteiger partial charge in [-0.2, -0.15) is 0 Å². The molecule has 9 heavy (non-hydrogen) atoms. The lowest BCUT2D eigenvalue weighted by Crippen LogP contribution is -2.28. The van der Waals surface area contributed by atoms with Crippen molar-refractivity contribution < 1.29 is 4.79 Å². The minimum absolute atomic E-state index is 0.107. The van der Waals surface area contributed by atoms with Crippen molar-refractivity contribution in [3.05, 3.63) is 0 Å². The summed E-state index contributed by atoms with van der Waals surface area (Å²) in [4.78, 5) is 11.2. The maximum Gasteiger partial charge on any atom is 0.160 e. The molecule has 0 aromatic heterocycles. The first kappa shape index (κ1) is 7.73. The standard InChI is InChI=1S/C6H8Br2O/c7-4-2-1-3-5(8)6(4)9/h4-5H,1-3H2/t4-,5-/m0/s1. The van der Waals surface area contributed by atoms with Crippen LogP contribution in [0, 0.1) is 0 Å². The van der Waals surface area contributed by atoms with Gasteiger partial charge >= 0.3 is 0 Å². The van der Waals surface area contributed by atoms with Crippen LogP contribution in [0.15, 0.2) is 0 Å². The van der Waals surface area contributed by atoms with E-state index in [0.717, 1.165) is 19.3 Å². The van der Waals surface area contributed by atoms with E-state index < -0.39 is 0 Å². The Bertz CT molecular complexity index is 112. The summed E-state index contributed by atoms with van der Waals surface area (Å²) in [5, 5.41) is 0. The Morgan fingerprint density at radius 2 is 1.67 bits per heavy atom. The van der Waals surface area contributed by atoms with Crippen LogP contribution in [0.3, 0.4) is 0 Å². The van der Waals surface area contributed by atoms with E-state index in [-0.39, 0.29) is 9.65 Å². The van der Waals surface area contributed by atoms with Crippen molar-refractivity contribution >= 4 is 37.6 Å². The summed E-state index contributed by atoms with van der Waals surface area (Å²) in [6, 6.07) is 0. The molecule has 0 radical (unpaired) electrons. The van der Waals surface area contributed by atoms with Crippen molar-refractivity contribution in [3.63, 3.8) is 0 Å². The molecule has 0 amide bonds. The van der Waals surface area contributed by atoms with Gasteiger partial charge in [-0.25, -0.2) is 0 Å². The van der Waals surface area contributed by atoms with Gasteiger partial charge in [0.15, 0.2) is 5.78 Å². The zero-order valence-electron chi connectivity index (χ0n) is 4.94. The maximum atomic E-state index is 11.0. The smallest absolute Gasteiger partial charge is 0.160 e. The molecule has 3 heteroatoms. The van der Waals surface area contributed by atoms with Gasteiger partial charge in [0.2, 0.25) is 0 Å². The molecule has 1 aliphatic rings. The Balaban J connectivity index is 2.52. The lowest BCUT2D eigenvalue weighted by molar-refractivity contribution is -0.118. The fraction of sp³-hybridized carbons (Fsp3) is 0.833. The summed E-state index contributed by atoms with van der Waals surface area (Å²) >= 11 is 6.63. The third-order valence-corrected chi connectivity index (χ3v) is 3.35. The van der Waals surface area contributed by atoms with Gasteiger partial charge < -0.3 is 0 Å². The van der Waals surface area contributed by atoms with Crippen LogP contribution in [0.25, 0.3) is 0 Å². The van der Waals surface area contributed by atoms with Crippen LogP contribution in [0.4, 0.5) is 0 Å². The first-order valence-electron chi connectivity index (χ1n) is 3.03. The molecular weight excluding hydrogens is 248 g/mol. The summed E-state index contributed by atoms with van der Waals surface area (Å²) < 4.78 is 0. The Morgan fingerprint density at radius 3 is 2.00 bits per heavy atom. The highest BCUT2D eigenvalue weighted by atomic mass is 79.9. The van der Waals surface area contributed by atoms with Crippen LogP contribution >= 0.6 is 31.9 Å². The molecular formula is C6H8Br2O. The Morgan fingerprint density at radius 1 is 1.22 bits per heavy atom. The molecule has 0 spiro atoms. The summed E-state index contributed by atoms with van der Waals surface area (Å²) in [6.07, 6.45) is 3.15. The van der Waals surface area contributed by atoms with Crippen LogP contribution in [0.1, 0.15) is 19.3 Å². The minimum Gasteiger partial charge on any atom is -0.297 e. The lowest BCUT2D eigenvalue weighted by Gasteiger charge is -2.18. The largest absolute Gasteiger partial charge is 0.297 e. The minimum atomic E-state index is 0.107. The quantitative estimate of drug-likeness (QED) is 0.607. The fourth-order valence-corrected chi connectivity index (χ4v) is 2.60. The number of carbonyl (C=O) groups excluding carboxylic acids is 1. The molecule has 1 nitrogen and oxygen atoms in total. The van der Waals surface area contributed by atoms with Crippen LogP contribution in [0.5, 0.6) is 0 Å². The second kappa shape index (κ2) is 3.15. The van der Waals surface area contributed by atoms with E-state index in [1.165, 1.54) is 0 Å². The van der Waals surface area contributed by atoms with Crippen molar-refractivity contribution in [3.8, 4) is 0 Å². The zero-order valence-corrected chi connectivity index (χ0v) is 8.11. The number of carbonyl (C=O) groups is 1. The van der Waals surface area contributed by atoms with Crippen molar-refractivity contribution in [2.75, 3.05) is 0 Å². The van der Waals surface area contributed by atoms with Gasteiger partial charge in [0.05, 0.1) is 9.65 Å². The molecule has 0 aromatic rings. The number of Topliss-reactive ketones (excluding diaryl/α,β-unsaturated/α-hetero) is 1. The van der Waals surface area contributed by atoms with E-state index in [0.29, 0.717) is 5.78 Å². The van der Waals surface area contributed by atoms with E-state index >= 15 is 0 Å². The molecule has 1 saturated carbocycles. The molecule has 1 fully saturated rings. The van der Waals surface area contributed by atoms with E-state index in [4.69, 9.17) is 0 Å². The maximum absolute atomic E-state index is 11.0. The Hall–Kier alpha value is 0.630. The number of ketones is 1. The molecule has 0 unspecified atom stereocenters. The Kier molecular flexibility index (Phi) is 2.71. The van der Waals surface area contributed by atoms with Crippen LogP contribution in [-0.4, -0.2) is 15.4 Å². The molecule has 2 atom stereocenters. The summed E-state index contributed by atoms with van der Waals surface area (Å²) in [6.45, 7) is 0. The number of halogens is 2. The average Bonchev–Trinajstić information content (AvgIpc) is 1.83. The summed E-state index contributed by atoms with van der Waals surface area (Å²) in [5.41, 5.74) is 0. The highest BCUT2D eigenvalue weighted by Gasteiger charge is 2.26.